The zero-order chi connectivity index (χ0) is 10.4. The van der Waals surface area contributed by atoms with Gasteiger partial charge < -0.3 is 15.5 Å². The van der Waals surface area contributed by atoms with Gasteiger partial charge in [0.15, 0.2) is 0 Å². The minimum atomic E-state index is -1.03. The van der Waals surface area contributed by atoms with Gasteiger partial charge in [0, 0.05) is 16.9 Å². The van der Waals surface area contributed by atoms with Crippen molar-refractivity contribution in [2.24, 2.45) is 10.8 Å². The van der Waals surface area contributed by atoms with E-state index in [1.165, 1.54) is 0 Å². The molecule has 0 aromatic rings. The van der Waals surface area contributed by atoms with Gasteiger partial charge in [0.05, 0.1) is 6.10 Å². The quantitative estimate of drug-likeness (QED) is 0.574. The van der Waals surface area contributed by atoms with Crippen LogP contribution < -0.4 is 5.32 Å². The first-order chi connectivity index (χ1) is 5.70. The zero-order valence-electron chi connectivity index (χ0n) is 8.46. The Morgan fingerprint density at radius 1 is 1.23 bits per heavy atom. The van der Waals surface area contributed by atoms with E-state index in [0.29, 0.717) is 0 Å². The molecule has 0 heterocycles. The van der Waals surface area contributed by atoms with Crippen LogP contribution in [0.15, 0.2) is 0 Å². The van der Waals surface area contributed by atoms with Crippen LogP contribution in [0, 0.1) is 10.8 Å². The Morgan fingerprint density at radius 3 is 1.92 bits per heavy atom. The average molecular weight is 187 g/mol. The first-order valence-corrected chi connectivity index (χ1v) is 4.38. The molecule has 76 valence electrons. The molecule has 0 atom stereocenters. The van der Waals surface area contributed by atoms with Crippen LogP contribution in [0.4, 0.5) is 4.79 Å². The first kappa shape index (κ1) is 10.3. The van der Waals surface area contributed by atoms with Gasteiger partial charge >= 0.3 is 6.09 Å². The summed E-state index contributed by atoms with van der Waals surface area (Å²) < 4.78 is 0. The second kappa shape index (κ2) is 2.61. The Labute approximate surface area is 78.0 Å². The smallest absolute Gasteiger partial charge is 0.404 e. The van der Waals surface area contributed by atoms with E-state index in [-0.39, 0.29) is 16.9 Å². The second-order valence-corrected chi connectivity index (χ2v) is 4.93. The van der Waals surface area contributed by atoms with E-state index < -0.39 is 12.2 Å². The molecule has 4 nitrogen and oxygen atoms in total. The molecular weight excluding hydrogens is 170 g/mol. The Hall–Kier alpha value is -0.770. The molecule has 0 bridgehead atoms. The molecule has 0 aliphatic heterocycles. The molecule has 1 amide bonds. The molecule has 1 saturated carbocycles. The van der Waals surface area contributed by atoms with Crippen molar-refractivity contribution in [3.8, 4) is 0 Å². The summed E-state index contributed by atoms with van der Waals surface area (Å²) >= 11 is 0. The number of amides is 1. The predicted molar refractivity (Wildman–Crippen MR) is 48.5 cm³/mol. The van der Waals surface area contributed by atoms with Gasteiger partial charge in [0.2, 0.25) is 0 Å². The first-order valence-electron chi connectivity index (χ1n) is 4.38. The van der Waals surface area contributed by atoms with Gasteiger partial charge in [-0.15, -0.1) is 0 Å². The standard InChI is InChI=1S/C9H17NO3/c1-8(2)5(10-7(12)13)9(3,4)6(8)11/h5-6,10-11H,1-4H3,(H,12,13). The number of aliphatic hydroxyl groups is 1. The van der Waals surface area contributed by atoms with Crippen LogP contribution in [-0.4, -0.2) is 28.5 Å². The molecule has 0 saturated heterocycles. The fourth-order valence-corrected chi connectivity index (χ4v) is 2.63. The molecule has 1 rings (SSSR count). The van der Waals surface area contributed by atoms with Crippen LogP contribution in [0.2, 0.25) is 0 Å². The summed E-state index contributed by atoms with van der Waals surface area (Å²) in [6.07, 6.45) is -1.49. The van der Waals surface area contributed by atoms with Crippen molar-refractivity contribution in [1.82, 2.24) is 5.32 Å². The van der Waals surface area contributed by atoms with Gasteiger partial charge in [-0.1, -0.05) is 27.7 Å². The van der Waals surface area contributed by atoms with Gasteiger partial charge in [-0.3, -0.25) is 0 Å². The number of carboxylic acid groups (broad SMARTS) is 1. The minimum absolute atomic E-state index is 0.188. The summed E-state index contributed by atoms with van der Waals surface area (Å²) in [5.41, 5.74) is -0.746. The molecule has 0 radical (unpaired) electrons. The van der Waals surface area contributed by atoms with Crippen LogP contribution in [0.1, 0.15) is 27.7 Å². The molecule has 0 unspecified atom stereocenters. The Balaban J connectivity index is 2.78. The summed E-state index contributed by atoms with van der Waals surface area (Å²) in [7, 11) is 0. The summed E-state index contributed by atoms with van der Waals surface area (Å²) in [5.74, 6) is 0. The van der Waals surface area contributed by atoms with E-state index in [2.05, 4.69) is 5.32 Å². The highest BCUT2D eigenvalue weighted by Gasteiger charge is 2.61. The monoisotopic (exact) mass is 187 g/mol. The molecule has 4 heteroatoms. The molecule has 1 aliphatic carbocycles. The fourth-order valence-electron chi connectivity index (χ4n) is 2.63. The lowest BCUT2D eigenvalue weighted by molar-refractivity contribution is -0.179. The van der Waals surface area contributed by atoms with Crippen molar-refractivity contribution in [2.75, 3.05) is 0 Å². The number of hydrogen-bond donors (Lipinski definition) is 3. The Morgan fingerprint density at radius 2 is 1.62 bits per heavy atom. The number of rotatable bonds is 1. The number of nitrogens with one attached hydrogen (secondary N) is 1. The highest BCUT2D eigenvalue weighted by molar-refractivity contribution is 5.65. The molecule has 0 aromatic heterocycles. The predicted octanol–water partition coefficient (Wildman–Crippen LogP) is 1.05. The van der Waals surface area contributed by atoms with Gasteiger partial charge in [-0.2, -0.15) is 0 Å². The normalized spacial score (nSPS) is 34.8. The maximum atomic E-state index is 10.5. The lowest BCUT2D eigenvalue weighted by atomic mass is 9.49. The van der Waals surface area contributed by atoms with Crippen LogP contribution in [0.5, 0.6) is 0 Å². The van der Waals surface area contributed by atoms with Gasteiger partial charge in [0.25, 0.3) is 0 Å². The maximum absolute atomic E-state index is 10.5. The summed E-state index contributed by atoms with van der Waals surface area (Å²) in [5, 5.41) is 20.8. The third-order valence-electron chi connectivity index (χ3n) is 3.17. The van der Waals surface area contributed by atoms with Crippen molar-refractivity contribution in [2.45, 2.75) is 39.8 Å². The number of aliphatic hydroxyl groups excluding tert-OH is 1. The van der Waals surface area contributed by atoms with Crippen LogP contribution >= 0.6 is 0 Å². The van der Waals surface area contributed by atoms with Gasteiger partial charge in [-0.25, -0.2) is 4.79 Å². The number of hydrogen-bond acceptors (Lipinski definition) is 2. The molecule has 1 aliphatic rings. The van der Waals surface area contributed by atoms with Gasteiger partial charge in [0.1, 0.15) is 0 Å². The topological polar surface area (TPSA) is 69.6 Å². The molecule has 1 fully saturated rings. The van der Waals surface area contributed by atoms with Crippen molar-refractivity contribution in [3.05, 3.63) is 0 Å². The largest absolute Gasteiger partial charge is 0.465 e. The molecule has 0 aromatic carbocycles. The summed E-state index contributed by atoms with van der Waals surface area (Å²) in [6.45, 7) is 7.46. The van der Waals surface area contributed by atoms with Crippen molar-refractivity contribution in [3.63, 3.8) is 0 Å². The SMILES string of the molecule is CC1(C)C(O)C(C)(C)C1NC(=O)O. The van der Waals surface area contributed by atoms with E-state index in [0.717, 1.165) is 0 Å². The van der Waals surface area contributed by atoms with Crippen molar-refractivity contribution >= 4 is 6.09 Å². The Kier molecular flexibility index (Phi) is 2.07. The fraction of sp³-hybridized carbons (Fsp3) is 0.889. The highest BCUT2D eigenvalue weighted by Crippen LogP contribution is 2.53. The van der Waals surface area contributed by atoms with E-state index in [1.54, 1.807) is 0 Å². The van der Waals surface area contributed by atoms with E-state index in [9.17, 15) is 9.90 Å². The molecule has 0 spiro atoms. The van der Waals surface area contributed by atoms with Crippen LogP contribution in [-0.2, 0) is 0 Å². The Bertz CT molecular complexity index is 219. The van der Waals surface area contributed by atoms with E-state index in [4.69, 9.17) is 5.11 Å². The maximum Gasteiger partial charge on any atom is 0.404 e. The molecule has 13 heavy (non-hydrogen) atoms. The second-order valence-electron chi connectivity index (χ2n) is 4.93. The average Bonchev–Trinajstić information content (AvgIpc) is 1.98. The molecular formula is C9H17NO3. The molecule has 3 N–H and O–H groups in total. The third kappa shape index (κ3) is 1.29. The highest BCUT2D eigenvalue weighted by atomic mass is 16.4. The minimum Gasteiger partial charge on any atom is -0.465 e. The van der Waals surface area contributed by atoms with Gasteiger partial charge in [-0.05, 0) is 0 Å². The lowest BCUT2D eigenvalue weighted by Crippen LogP contribution is -2.72. The van der Waals surface area contributed by atoms with Crippen LogP contribution in [0.3, 0.4) is 0 Å². The summed E-state index contributed by atoms with van der Waals surface area (Å²) in [4.78, 5) is 10.5. The summed E-state index contributed by atoms with van der Waals surface area (Å²) in [6, 6.07) is -0.188. The van der Waals surface area contributed by atoms with E-state index >= 15 is 0 Å². The zero-order valence-corrected chi connectivity index (χ0v) is 8.46. The van der Waals surface area contributed by atoms with Crippen molar-refractivity contribution in [1.29, 1.82) is 0 Å². The van der Waals surface area contributed by atoms with Crippen LogP contribution in [0.25, 0.3) is 0 Å². The van der Waals surface area contributed by atoms with Crippen molar-refractivity contribution < 1.29 is 15.0 Å². The van der Waals surface area contributed by atoms with E-state index in [1.807, 2.05) is 27.7 Å². The third-order valence-corrected chi connectivity index (χ3v) is 3.17. The number of carbonyl (C=O) groups is 1. The lowest BCUT2D eigenvalue weighted by Gasteiger charge is -2.61.